The summed E-state index contributed by atoms with van der Waals surface area (Å²) < 4.78 is 0. The Morgan fingerprint density at radius 1 is 1.57 bits per heavy atom. The Morgan fingerprint density at radius 2 is 2.21 bits per heavy atom. The van der Waals surface area contributed by atoms with Crippen molar-refractivity contribution in [2.75, 3.05) is 14.1 Å². The minimum atomic E-state index is 0.540. The van der Waals surface area contributed by atoms with Gasteiger partial charge in [-0.25, -0.2) is 0 Å². The van der Waals surface area contributed by atoms with Gasteiger partial charge in [0.2, 0.25) is 0 Å². The Balaban J connectivity index is 3.18. The number of aromatic nitrogens is 1. The van der Waals surface area contributed by atoms with E-state index >= 15 is 0 Å². The summed E-state index contributed by atoms with van der Waals surface area (Å²) in [5, 5.41) is 0. The van der Waals surface area contributed by atoms with Gasteiger partial charge < -0.3 is 9.88 Å². The molecule has 14 heavy (non-hydrogen) atoms. The third kappa shape index (κ3) is 1.76. The van der Waals surface area contributed by atoms with E-state index in [-0.39, 0.29) is 0 Å². The molecule has 3 nitrogen and oxygen atoms in total. The van der Waals surface area contributed by atoms with E-state index in [9.17, 15) is 4.79 Å². The van der Waals surface area contributed by atoms with Crippen LogP contribution in [0, 0.1) is 0 Å². The van der Waals surface area contributed by atoms with Crippen molar-refractivity contribution in [2.24, 2.45) is 0 Å². The van der Waals surface area contributed by atoms with Crippen LogP contribution in [0.1, 0.15) is 21.7 Å². The van der Waals surface area contributed by atoms with Crippen LogP contribution in [0.3, 0.4) is 0 Å². The number of rotatable bonds is 4. The van der Waals surface area contributed by atoms with E-state index in [4.69, 9.17) is 0 Å². The summed E-state index contributed by atoms with van der Waals surface area (Å²) in [6.07, 6.45) is 2.48. The zero-order chi connectivity index (χ0) is 10.7. The predicted molar refractivity (Wildman–Crippen MR) is 59.0 cm³/mol. The molecule has 0 aliphatic rings. The van der Waals surface area contributed by atoms with Gasteiger partial charge in [0.1, 0.15) is 0 Å². The second-order valence-electron chi connectivity index (χ2n) is 3.22. The molecule has 0 unspecified atom stereocenters. The first kappa shape index (κ1) is 10.3. The van der Waals surface area contributed by atoms with Gasteiger partial charge in [-0.1, -0.05) is 19.2 Å². The van der Waals surface area contributed by atoms with Gasteiger partial charge in [-0.2, -0.15) is 0 Å². The fraction of sp³-hybridized carbons (Fsp3) is 0.182. The lowest BCUT2D eigenvalue weighted by atomic mass is 10.2. The Morgan fingerprint density at radius 3 is 2.64 bits per heavy atom. The summed E-state index contributed by atoms with van der Waals surface area (Å²) in [5.41, 5.74) is 3.10. The summed E-state index contributed by atoms with van der Waals surface area (Å²) >= 11 is 0. The van der Waals surface area contributed by atoms with Gasteiger partial charge in [-0.05, 0) is 6.07 Å². The zero-order valence-electron chi connectivity index (χ0n) is 8.50. The topological polar surface area (TPSA) is 36.1 Å². The van der Waals surface area contributed by atoms with E-state index < -0.39 is 0 Å². The number of hydrogen-bond donors (Lipinski definition) is 1. The van der Waals surface area contributed by atoms with Crippen LogP contribution in [0.25, 0.3) is 11.8 Å². The van der Waals surface area contributed by atoms with Gasteiger partial charge in [-0.3, -0.25) is 4.79 Å². The highest BCUT2D eigenvalue weighted by molar-refractivity contribution is 5.79. The minimum absolute atomic E-state index is 0.540. The molecule has 0 aliphatic heterocycles. The molecule has 0 saturated heterocycles. The average Bonchev–Trinajstić information content (AvgIpc) is 2.59. The molecule has 0 fully saturated rings. The normalized spacial score (nSPS) is 9.57. The van der Waals surface area contributed by atoms with Gasteiger partial charge in [0.05, 0.1) is 17.1 Å². The fourth-order valence-corrected chi connectivity index (χ4v) is 1.18. The predicted octanol–water partition coefficient (Wildman–Crippen LogP) is 2.00. The quantitative estimate of drug-likeness (QED) is 0.737. The van der Waals surface area contributed by atoms with Crippen molar-refractivity contribution in [1.29, 1.82) is 0 Å². The van der Waals surface area contributed by atoms with Gasteiger partial charge >= 0.3 is 0 Å². The van der Waals surface area contributed by atoms with E-state index in [1.165, 1.54) is 0 Å². The molecular weight excluding hydrogens is 176 g/mol. The van der Waals surface area contributed by atoms with Crippen molar-refractivity contribution in [3.63, 3.8) is 0 Å². The van der Waals surface area contributed by atoms with Crippen LogP contribution in [0.4, 0.5) is 0 Å². The van der Waals surface area contributed by atoms with E-state index in [2.05, 4.69) is 18.1 Å². The summed E-state index contributed by atoms with van der Waals surface area (Å²) in [4.78, 5) is 15.4. The van der Waals surface area contributed by atoms with Gasteiger partial charge in [0, 0.05) is 19.7 Å². The smallest absolute Gasteiger partial charge is 0.166 e. The lowest BCUT2D eigenvalue weighted by Crippen LogP contribution is -2.09. The second-order valence-corrected chi connectivity index (χ2v) is 3.22. The van der Waals surface area contributed by atoms with Crippen molar-refractivity contribution in [1.82, 2.24) is 9.88 Å². The SMILES string of the molecule is C=Cc1cc(C=O)[nH]c1C(=C)N(C)C. The molecule has 0 saturated carbocycles. The summed E-state index contributed by atoms with van der Waals surface area (Å²) in [7, 11) is 3.80. The highest BCUT2D eigenvalue weighted by Crippen LogP contribution is 2.20. The Hall–Kier alpha value is -1.77. The zero-order valence-corrected chi connectivity index (χ0v) is 8.50. The lowest BCUT2D eigenvalue weighted by molar-refractivity contribution is 0.111. The lowest BCUT2D eigenvalue weighted by Gasteiger charge is -2.15. The summed E-state index contributed by atoms with van der Waals surface area (Å²) in [5.74, 6) is 0. The molecule has 1 aromatic rings. The number of hydrogen-bond acceptors (Lipinski definition) is 2. The van der Waals surface area contributed by atoms with Crippen molar-refractivity contribution < 1.29 is 4.79 Å². The average molecular weight is 190 g/mol. The third-order valence-corrected chi connectivity index (χ3v) is 2.04. The van der Waals surface area contributed by atoms with Gasteiger partial charge in [-0.15, -0.1) is 0 Å². The number of H-pyrrole nitrogens is 1. The van der Waals surface area contributed by atoms with Crippen LogP contribution in [-0.4, -0.2) is 30.3 Å². The molecule has 0 aromatic carbocycles. The monoisotopic (exact) mass is 190 g/mol. The molecule has 1 aromatic heterocycles. The molecule has 1 rings (SSSR count). The van der Waals surface area contributed by atoms with Crippen LogP contribution in [0.2, 0.25) is 0 Å². The van der Waals surface area contributed by atoms with Gasteiger partial charge in [0.25, 0.3) is 0 Å². The standard InChI is InChI=1S/C11H14N2O/c1-5-9-6-10(7-14)12-11(9)8(2)13(3)4/h5-7,12H,1-2H2,3-4H3. The highest BCUT2D eigenvalue weighted by atomic mass is 16.1. The van der Waals surface area contributed by atoms with Crippen molar-refractivity contribution in [3.8, 4) is 0 Å². The van der Waals surface area contributed by atoms with E-state index in [0.29, 0.717) is 5.69 Å². The molecule has 0 amide bonds. The van der Waals surface area contributed by atoms with Gasteiger partial charge in [0.15, 0.2) is 6.29 Å². The molecule has 0 aliphatic carbocycles. The Labute approximate surface area is 83.7 Å². The van der Waals surface area contributed by atoms with Crippen LogP contribution in [-0.2, 0) is 0 Å². The largest absolute Gasteiger partial charge is 0.376 e. The van der Waals surface area contributed by atoms with Crippen molar-refractivity contribution in [2.45, 2.75) is 0 Å². The Kier molecular flexibility index (Phi) is 2.92. The first-order chi connectivity index (χ1) is 6.60. The Bertz CT molecular complexity index is 375. The van der Waals surface area contributed by atoms with E-state index in [0.717, 1.165) is 23.2 Å². The molecule has 0 atom stereocenters. The molecule has 74 valence electrons. The van der Waals surface area contributed by atoms with E-state index in [1.54, 1.807) is 12.1 Å². The van der Waals surface area contributed by atoms with Crippen molar-refractivity contribution in [3.05, 3.63) is 36.2 Å². The molecule has 0 spiro atoms. The maximum absolute atomic E-state index is 10.6. The number of nitrogens with one attached hydrogen (secondary N) is 1. The number of nitrogens with zero attached hydrogens (tertiary/aromatic N) is 1. The van der Waals surface area contributed by atoms with Crippen LogP contribution >= 0.6 is 0 Å². The maximum Gasteiger partial charge on any atom is 0.166 e. The molecule has 1 heterocycles. The fourth-order valence-electron chi connectivity index (χ4n) is 1.18. The maximum atomic E-state index is 10.6. The summed E-state index contributed by atoms with van der Waals surface area (Å²) in [6, 6.07) is 1.75. The van der Waals surface area contributed by atoms with Crippen LogP contribution < -0.4 is 0 Å². The number of aldehydes is 1. The highest BCUT2D eigenvalue weighted by Gasteiger charge is 2.09. The molecule has 0 bridgehead atoms. The first-order valence-electron chi connectivity index (χ1n) is 4.27. The van der Waals surface area contributed by atoms with Crippen LogP contribution in [0.15, 0.2) is 19.2 Å². The number of carbonyl (C=O) groups excluding carboxylic acids is 1. The molecule has 0 radical (unpaired) electrons. The number of aromatic amines is 1. The summed E-state index contributed by atoms with van der Waals surface area (Å²) in [6.45, 7) is 7.60. The van der Waals surface area contributed by atoms with E-state index in [1.807, 2.05) is 19.0 Å². The molecular formula is C11H14N2O. The molecule has 1 N–H and O–H groups in total. The molecule has 3 heteroatoms. The number of carbonyl (C=O) groups is 1. The van der Waals surface area contributed by atoms with Crippen LogP contribution in [0.5, 0.6) is 0 Å². The third-order valence-electron chi connectivity index (χ3n) is 2.04. The minimum Gasteiger partial charge on any atom is -0.376 e. The second kappa shape index (κ2) is 3.96. The van der Waals surface area contributed by atoms with Crippen molar-refractivity contribution >= 4 is 18.1 Å². The first-order valence-corrected chi connectivity index (χ1v) is 4.27.